The molecule has 0 aromatic carbocycles. The number of nitrogens with zero attached hydrogens (tertiary/aromatic N) is 1. The number of hydrogen-bond acceptors (Lipinski definition) is 3. The van der Waals surface area contributed by atoms with Gasteiger partial charge in [-0.1, -0.05) is 6.92 Å². The van der Waals surface area contributed by atoms with Gasteiger partial charge in [0.25, 0.3) is 5.91 Å². The second kappa shape index (κ2) is 7.87. The largest absolute Gasteiger partial charge is 0.372 e. The van der Waals surface area contributed by atoms with Crippen molar-refractivity contribution in [3.8, 4) is 0 Å². The van der Waals surface area contributed by atoms with Gasteiger partial charge in [0.05, 0.1) is 0 Å². The van der Waals surface area contributed by atoms with E-state index < -0.39 is 0 Å². The van der Waals surface area contributed by atoms with E-state index in [4.69, 9.17) is 4.74 Å². The minimum atomic E-state index is -0.322. The van der Waals surface area contributed by atoms with Crippen LogP contribution in [0.1, 0.15) is 26.7 Å². The molecule has 16 heavy (non-hydrogen) atoms. The Bertz CT molecular complexity index is 208. The van der Waals surface area contributed by atoms with Crippen LogP contribution in [0.4, 0.5) is 0 Å². The molecule has 0 aromatic heterocycles. The van der Waals surface area contributed by atoms with E-state index in [1.165, 1.54) is 0 Å². The molecule has 2 atom stereocenters. The summed E-state index contributed by atoms with van der Waals surface area (Å²) in [7, 11) is 1.58. The maximum Gasteiger partial charge on any atom is 0.251 e. The lowest BCUT2D eigenvalue weighted by molar-refractivity contribution is -0.143. The first-order valence-electron chi connectivity index (χ1n) is 5.74. The van der Waals surface area contributed by atoms with Gasteiger partial charge in [-0.25, -0.2) is 0 Å². The molecule has 0 saturated carbocycles. The van der Waals surface area contributed by atoms with Gasteiger partial charge in [-0.3, -0.25) is 4.79 Å². The van der Waals surface area contributed by atoms with E-state index in [1.807, 2.05) is 11.8 Å². The predicted octanol–water partition coefficient (Wildman–Crippen LogP) is 1.04. The molecule has 0 aliphatic carbocycles. The highest BCUT2D eigenvalue weighted by Crippen LogP contribution is 2.11. The first kappa shape index (κ1) is 15.7. The summed E-state index contributed by atoms with van der Waals surface area (Å²) in [6.07, 6.45) is 1.73. The number of methoxy groups -OCH3 is 1. The van der Waals surface area contributed by atoms with E-state index in [0.717, 1.165) is 32.5 Å². The van der Waals surface area contributed by atoms with Crippen LogP contribution in [0.25, 0.3) is 0 Å². The molecular weight excluding hydrogens is 228 g/mol. The Labute approximate surface area is 104 Å². The van der Waals surface area contributed by atoms with Crippen LogP contribution in [-0.4, -0.2) is 49.7 Å². The van der Waals surface area contributed by atoms with Crippen molar-refractivity contribution < 1.29 is 9.53 Å². The molecule has 1 heterocycles. The Morgan fingerprint density at radius 2 is 2.31 bits per heavy atom. The normalized spacial score (nSPS) is 21.3. The molecule has 1 amide bonds. The lowest BCUT2D eigenvalue weighted by Gasteiger charge is -2.30. The quantitative estimate of drug-likeness (QED) is 0.793. The topological polar surface area (TPSA) is 41.6 Å². The van der Waals surface area contributed by atoms with Crippen molar-refractivity contribution in [1.82, 2.24) is 10.2 Å². The molecular formula is C11H23ClN2O2. The SMILES string of the molecule is CCCN(C(=O)C(C)OC)C1CCNC1.Cl. The van der Waals surface area contributed by atoms with Gasteiger partial charge in [0.2, 0.25) is 0 Å². The van der Waals surface area contributed by atoms with E-state index >= 15 is 0 Å². The standard InChI is InChI=1S/C11H22N2O2.ClH/c1-4-7-13(10-5-6-12-8-10)11(14)9(2)15-3;/h9-10,12H,4-8H2,1-3H3;1H. The van der Waals surface area contributed by atoms with Gasteiger partial charge < -0.3 is 15.0 Å². The Morgan fingerprint density at radius 1 is 1.62 bits per heavy atom. The average molecular weight is 251 g/mol. The number of rotatable bonds is 5. The lowest BCUT2D eigenvalue weighted by Crippen LogP contribution is -2.46. The van der Waals surface area contributed by atoms with Crippen LogP contribution in [0.2, 0.25) is 0 Å². The monoisotopic (exact) mass is 250 g/mol. The van der Waals surface area contributed by atoms with Crippen LogP contribution in [0, 0.1) is 0 Å². The third-order valence-electron chi connectivity index (χ3n) is 2.92. The molecule has 1 rings (SSSR count). The van der Waals surface area contributed by atoms with E-state index in [2.05, 4.69) is 12.2 Å². The molecule has 1 saturated heterocycles. The highest BCUT2D eigenvalue weighted by molar-refractivity contribution is 5.85. The maximum absolute atomic E-state index is 12.0. The summed E-state index contributed by atoms with van der Waals surface area (Å²) in [5.41, 5.74) is 0. The summed E-state index contributed by atoms with van der Waals surface area (Å²) >= 11 is 0. The first-order valence-corrected chi connectivity index (χ1v) is 5.74. The number of carbonyl (C=O) groups is 1. The summed E-state index contributed by atoms with van der Waals surface area (Å²) in [6, 6.07) is 0.357. The van der Waals surface area contributed by atoms with Gasteiger partial charge in [-0.15, -0.1) is 12.4 Å². The number of hydrogen-bond donors (Lipinski definition) is 1. The van der Waals surface area contributed by atoms with Gasteiger partial charge in [-0.2, -0.15) is 0 Å². The van der Waals surface area contributed by atoms with Crippen molar-refractivity contribution in [3.63, 3.8) is 0 Å². The fourth-order valence-corrected chi connectivity index (χ4v) is 1.95. The van der Waals surface area contributed by atoms with Crippen LogP contribution in [0.5, 0.6) is 0 Å². The van der Waals surface area contributed by atoms with Crippen molar-refractivity contribution in [1.29, 1.82) is 0 Å². The fraction of sp³-hybridized carbons (Fsp3) is 0.909. The van der Waals surface area contributed by atoms with E-state index in [1.54, 1.807) is 7.11 Å². The Balaban J connectivity index is 0.00000225. The molecule has 0 bridgehead atoms. The third-order valence-corrected chi connectivity index (χ3v) is 2.92. The van der Waals surface area contributed by atoms with Gasteiger partial charge in [0.15, 0.2) is 0 Å². The molecule has 96 valence electrons. The van der Waals surface area contributed by atoms with Crippen LogP contribution in [0.3, 0.4) is 0 Å². The van der Waals surface area contributed by atoms with Crippen LogP contribution in [0.15, 0.2) is 0 Å². The minimum Gasteiger partial charge on any atom is -0.372 e. The zero-order valence-corrected chi connectivity index (χ0v) is 11.2. The number of nitrogens with one attached hydrogen (secondary N) is 1. The second-order valence-electron chi connectivity index (χ2n) is 4.06. The average Bonchev–Trinajstić information content (AvgIpc) is 2.77. The molecule has 1 fully saturated rings. The Hall–Kier alpha value is -0.320. The Morgan fingerprint density at radius 3 is 2.75 bits per heavy atom. The van der Waals surface area contributed by atoms with Crippen molar-refractivity contribution in [2.24, 2.45) is 0 Å². The predicted molar refractivity (Wildman–Crippen MR) is 67.0 cm³/mol. The molecule has 4 nitrogen and oxygen atoms in total. The number of ether oxygens (including phenoxy) is 1. The summed E-state index contributed by atoms with van der Waals surface area (Å²) < 4.78 is 5.09. The number of halogens is 1. The summed E-state index contributed by atoms with van der Waals surface area (Å²) in [6.45, 7) is 6.67. The van der Waals surface area contributed by atoms with Crippen molar-refractivity contribution >= 4 is 18.3 Å². The zero-order valence-electron chi connectivity index (χ0n) is 10.4. The van der Waals surface area contributed by atoms with Gasteiger partial charge >= 0.3 is 0 Å². The fourth-order valence-electron chi connectivity index (χ4n) is 1.95. The van der Waals surface area contributed by atoms with Crippen LogP contribution in [-0.2, 0) is 9.53 Å². The second-order valence-corrected chi connectivity index (χ2v) is 4.06. The Kier molecular flexibility index (Phi) is 7.72. The van der Waals surface area contributed by atoms with Gasteiger partial charge in [0.1, 0.15) is 6.10 Å². The smallest absolute Gasteiger partial charge is 0.251 e. The number of amides is 1. The van der Waals surface area contributed by atoms with Crippen LogP contribution < -0.4 is 5.32 Å². The molecule has 2 unspecified atom stereocenters. The highest BCUT2D eigenvalue weighted by Gasteiger charge is 2.28. The molecule has 0 spiro atoms. The van der Waals surface area contributed by atoms with Gasteiger partial charge in [-0.05, 0) is 26.3 Å². The lowest BCUT2D eigenvalue weighted by atomic mass is 10.2. The van der Waals surface area contributed by atoms with E-state index in [0.29, 0.717) is 6.04 Å². The van der Waals surface area contributed by atoms with Gasteiger partial charge in [0, 0.05) is 26.2 Å². The summed E-state index contributed by atoms with van der Waals surface area (Å²) in [5, 5.41) is 3.29. The van der Waals surface area contributed by atoms with Crippen LogP contribution >= 0.6 is 12.4 Å². The molecule has 1 aliphatic rings. The van der Waals surface area contributed by atoms with Crippen molar-refractivity contribution in [3.05, 3.63) is 0 Å². The first-order chi connectivity index (χ1) is 7.20. The molecule has 0 radical (unpaired) electrons. The molecule has 5 heteroatoms. The maximum atomic E-state index is 12.0. The highest BCUT2D eigenvalue weighted by atomic mass is 35.5. The van der Waals surface area contributed by atoms with Crippen molar-refractivity contribution in [2.45, 2.75) is 38.8 Å². The van der Waals surface area contributed by atoms with E-state index in [-0.39, 0.29) is 24.4 Å². The summed E-state index contributed by atoms with van der Waals surface area (Å²) in [4.78, 5) is 14.0. The molecule has 1 N–H and O–H groups in total. The van der Waals surface area contributed by atoms with E-state index in [9.17, 15) is 4.79 Å². The zero-order chi connectivity index (χ0) is 11.3. The summed E-state index contributed by atoms with van der Waals surface area (Å²) in [5.74, 6) is 0.119. The molecule has 1 aliphatic heterocycles. The third kappa shape index (κ3) is 3.92. The minimum absolute atomic E-state index is 0. The number of carbonyl (C=O) groups excluding carboxylic acids is 1. The molecule has 0 aromatic rings. The van der Waals surface area contributed by atoms with Crippen molar-refractivity contribution in [2.75, 3.05) is 26.7 Å².